The van der Waals surface area contributed by atoms with Gasteiger partial charge in [-0.25, -0.2) is 0 Å². The Balaban J connectivity index is 2.81. The molecule has 0 atom stereocenters. The highest BCUT2D eigenvalue weighted by Gasteiger charge is 2.10. The normalized spacial score (nSPS) is 10.6. The number of para-hydroxylation sites is 1. The third-order valence-corrected chi connectivity index (χ3v) is 3.45. The smallest absolute Gasteiger partial charge is 0.239 e. The number of fused-ring (bicyclic) bond motifs is 1. The van der Waals surface area contributed by atoms with E-state index < -0.39 is 0 Å². The molecule has 1 heterocycles. The summed E-state index contributed by atoms with van der Waals surface area (Å²) in [6.45, 7) is 0. The number of rotatable bonds is 1. The molecule has 0 aliphatic carbocycles. The Labute approximate surface area is 103 Å². The van der Waals surface area contributed by atoms with Crippen LogP contribution in [0.3, 0.4) is 0 Å². The monoisotopic (exact) mass is 397 g/mol. The molecule has 0 aliphatic rings. The highest BCUT2D eigenvalue weighted by atomic mass is 127. The van der Waals surface area contributed by atoms with Crippen molar-refractivity contribution >= 4 is 60.1 Å². The Morgan fingerprint density at radius 3 is 2.62 bits per heavy atom. The zero-order chi connectivity index (χ0) is 9.42. The molecule has 66 valence electrons. The fraction of sp³-hybridized carbons (Fsp3) is 0. The summed E-state index contributed by atoms with van der Waals surface area (Å²) >= 11 is 3.94. The first-order valence-electron chi connectivity index (χ1n) is 3.66. The van der Waals surface area contributed by atoms with Crippen LogP contribution < -0.4 is 0 Å². The molecule has 0 amide bonds. The number of carbonyl (C=O) groups is 1. The van der Waals surface area contributed by atoms with Crippen LogP contribution in [-0.2, 0) is 0 Å². The third-order valence-electron chi connectivity index (χ3n) is 1.85. The summed E-state index contributed by atoms with van der Waals surface area (Å²) < 4.78 is 1.96. The first kappa shape index (κ1) is 9.45. The van der Waals surface area contributed by atoms with E-state index >= 15 is 0 Å². The van der Waals surface area contributed by atoms with Crippen LogP contribution in [0.2, 0.25) is 0 Å². The second-order valence-corrected chi connectivity index (χ2v) is 4.59. The van der Waals surface area contributed by atoms with Gasteiger partial charge in [0.25, 0.3) is 0 Å². The molecule has 0 fully saturated rings. The standard InChI is InChI=1S/C9H5I2NO/c10-9(13)8-5-6-3-1-2-4-7(6)12(8)11/h1-5H. The van der Waals surface area contributed by atoms with Crippen molar-refractivity contribution in [1.82, 2.24) is 2.78 Å². The van der Waals surface area contributed by atoms with E-state index in [9.17, 15) is 4.79 Å². The summed E-state index contributed by atoms with van der Waals surface area (Å²) in [4.78, 5) is 11.2. The van der Waals surface area contributed by atoms with Gasteiger partial charge in [-0.1, -0.05) is 18.2 Å². The number of halogens is 2. The van der Waals surface area contributed by atoms with Gasteiger partial charge in [0, 0.05) is 28.0 Å². The molecule has 0 unspecified atom stereocenters. The molecule has 13 heavy (non-hydrogen) atoms. The highest BCUT2D eigenvalue weighted by Crippen LogP contribution is 2.23. The van der Waals surface area contributed by atoms with Gasteiger partial charge in [-0.3, -0.25) is 7.58 Å². The number of carbonyl (C=O) groups excluding carboxylic acids is 1. The molecule has 0 saturated carbocycles. The number of nitrogens with zero attached hydrogens (tertiary/aromatic N) is 1. The molecular weight excluding hydrogens is 392 g/mol. The highest BCUT2D eigenvalue weighted by molar-refractivity contribution is 14.1. The summed E-state index contributed by atoms with van der Waals surface area (Å²) in [7, 11) is 0. The Kier molecular flexibility index (Phi) is 2.59. The van der Waals surface area contributed by atoms with Gasteiger partial charge >= 0.3 is 0 Å². The minimum absolute atomic E-state index is 0.0724. The van der Waals surface area contributed by atoms with Crippen LogP contribution in [-0.4, -0.2) is 6.57 Å². The van der Waals surface area contributed by atoms with Crippen LogP contribution in [0.4, 0.5) is 0 Å². The third kappa shape index (κ3) is 1.61. The molecule has 0 N–H and O–H groups in total. The van der Waals surface area contributed by atoms with Gasteiger partial charge in [0.05, 0.1) is 28.4 Å². The number of aromatic nitrogens is 1. The van der Waals surface area contributed by atoms with E-state index in [0.29, 0.717) is 0 Å². The van der Waals surface area contributed by atoms with E-state index in [4.69, 9.17) is 0 Å². The van der Waals surface area contributed by atoms with Crippen molar-refractivity contribution in [2.75, 3.05) is 0 Å². The van der Waals surface area contributed by atoms with Gasteiger partial charge in [0.15, 0.2) is 0 Å². The molecule has 0 bridgehead atoms. The number of benzene rings is 1. The number of hydrogen-bond acceptors (Lipinski definition) is 1. The Hall–Kier alpha value is -0.110. The molecule has 2 nitrogen and oxygen atoms in total. The molecule has 4 heteroatoms. The van der Waals surface area contributed by atoms with Gasteiger partial charge in [0.1, 0.15) is 5.69 Å². The lowest BCUT2D eigenvalue weighted by Crippen LogP contribution is -1.92. The van der Waals surface area contributed by atoms with Crippen LogP contribution in [0.25, 0.3) is 10.9 Å². The fourth-order valence-electron chi connectivity index (χ4n) is 1.26. The maximum Gasteiger partial charge on any atom is 0.239 e. The zero-order valence-corrected chi connectivity index (χ0v) is 10.8. The Morgan fingerprint density at radius 1 is 1.31 bits per heavy atom. The molecular formula is C9H5I2NO. The van der Waals surface area contributed by atoms with Gasteiger partial charge in [0.2, 0.25) is 3.79 Å². The predicted molar refractivity (Wildman–Crippen MR) is 69.7 cm³/mol. The van der Waals surface area contributed by atoms with Crippen LogP contribution in [0.5, 0.6) is 0 Å². The van der Waals surface area contributed by atoms with E-state index in [-0.39, 0.29) is 3.79 Å². The van der Waals surface area contributed by atoms with Crippen molar-refractivity contribution < 1.29 is 4.79 Å². The fourth-order valence-corrected chi connectivity index (χ4v) is 2.91. The molecule has 1 aromatic heterocycles. The van der Waals surface area contributed by atoms with E-state index in [0.717, 1.165) is 16.6 Å². The maximum atomic E-state index is 11.2. The molecule has 1 aromatic carbocycles. The zero-order valence-electron chi connectivity index (χ0n) is 6.50. The van der Waals surface area contributed by atoms with Gasteiger partial charge < -0.3 is 0 Å². The van der Waals surface area contributed by atoms with Crippen molar-refractivity contribution in [3.05, 3.63) is 36.0 Å². The Bertz CT molecular complexity index is 475. The van der Waals surface area contributed by atoms with E-state index in [1.54, 1.807) is 22.6 Å². The number of hydrogen-bond donors (Lipinski definition) is 0. The maximum absolute atomic E-state index is 11.2. The Morgan fingerprint density at radius 2 is 2.00 bits per heavy atom. The molecule has 0 saturated heterocycles. The molecule has 0 radical (unpaired) electrons. The van der Waals surface area contributed by atoms with Crippen LogP contribution in [0.15, 0.2) is 30.3 Å². The van der Waals surface area contributed by atoms with Gasteiger partial charge in [-0.2, -0.15) is 0 Å². The lowest BCUT2D eigenvalue weighted by Gasteiger charge is -1.95. The van der Waals surface area contributed by atoms with E-state index in [2.05, 4.69) is 22.9 Å². The lowest BCUT2D eigenvalue weighted by atomic mass is 10.2. The summed E-state index contributed by atoms with van der Waals surface area (Å²) in [6, 6.07) is 9.87. The van der Waals surface area contributed by atoms with Crippen LogP contribution in [0, 0.1) is 0 Å². The molecule has 2 aromatic rings. The lowest BCUT2D eigenvalue weighted by molar-refractivity contribution is 0.110. The van der Waals surface area contributed by atoms with Crippen molar-refractivity contribution in [3.63, 3.8) is 0 Å². The molecule has 0 aliphatic heterocycles. The van der Waals surface area contributed by atoms with Crippen molar-refractivity contribution in [3.8, 4) is 0 Å². The summed E-state index contributed by atoms with van der Waals surface area (Å²) in [6.07, 6.45) is 0. The van der Waals surface area contributed by atoms with Crippen molar-refractivity contribution in [2.45, 2.75) is 0 Å². The molecule has 0 spiro atoms. The first-order valence-corrected chi connectivity index (χ1v) is 5.71. The van der Waals surface area contributed by atoms with Gasteiger partial charge in [-0.05, 0) is 12.1 Å². The SMILES string of the molecule is O=C(I)c1cc2ccccc2n1I. The topological polar surface area (TPSA) is 22.0 Å². The average Bonchev–Trinajstić information content (AvgIpc) is 2.45. The van der Waals surface area contributed by atoms with Crippen LogP contribution >= 0.6 is 45.5 Å². The van der Waals surface area contributed by atoms with Crippen molar-refractivity contribution in [1.29, 1.82) is 0 Å². The summed E-state index contributed by atoms with van der Waals surface area (Å²) in [5, 5.41) is 1.11. The second kappa shape index (κ2) is 3.56. The minimum Gasteiger partial charge on any atom is -0.280 e. The predicted octanol–water partition coefficient (Wildman–Crippen LogP) is 3.41. The molecule has 2 rings (SSSR count). The van der Waals surface area contributed by atoms with E-state index in [1.165, 1.54) is 0 Å². The first-order chi connectivity index (χ1) is 6.20. The quantitative estimate of drug-likeness (QED) is 0.534. The summed E-state index contributed by atoms with van der Waals surface area (Å²) in [5.74, 6) is 0. The van der Waals surface area contributed by atoms with Crippen molar-refractivity contribution in [2.24, 2.45) is 0 Å². The van der Waals surface area contributed by atoms with Crippen LogP contribution in [0.1, 0.15) is 10.5 Å². The van der Waals surface area contributed by atoms with E-state index in [1.807, 2.05) is 33.1 Å². The summed E-state index contributed by atoms with van der Waals surface area (Å²) in [5.41, 5.74) is 1.82. The second-order valence-electron chi connectivity index (χ2n) is 2.64. The van der Waals surface area contributed by atoms with Gasteiger partial charge in [-0.15, -0.1) is 0 Å². The average molecular weight is 397 g/mol. The minimum atomic E-state index is 0.0724. The largest absolute Gasteiger partial charge is 0.280 e.